The molecule has 0 aromatic carbocycles. The van der Waals surface area contributed by atoms with Gasteiger partial charge in [-0.2, -0.15) is 0 Å². The minimum atomic E-state index is -0.501. The van der Waals surface area contributed by atoms with E-state index in [1.807, 2.05) is 13.8 Å². The van der Waals surface area contributed by atoms with E-state index < -0.39 is 4.92 Å². The molecule has 0 aliphatic heterocycles. The maximum absolute atomic E-state index is 12.0. The zero-order valence-corrected chi connectivity index (χ0v) is 11.8. The number of carbonyl (C=O) groups excluding carboxylic acids is 1. The second-order valence-corrected chi connectivity index (χ2v) is 5.64. The van der Waals surface area contributed by atoms with Crippen LogP contribution >= 0.6 is 22.9 Å². The number of carbonyl (C=O) groups is 1. The van der Waals surface area contributed by atoms with Gasteiger partial charge in [-0.3, -0.25) is 14.9 Å². The molecule has 0 aliphatic carbocycles. The topological polar surface area (TPSA) is 72.2 Å². The number of halogens is 1. The fourth-order valence-electron chi connectivity index (χ4n) is 1.42. The first-order valence-corrected chi connectivity index (χ1v) is 6.89. The van der Waals surface area contributed by atoms with E-state index in [0.717, 1.165) is 17.8 Å². The van der Waals surface area contributed by atoms with Crippen molar-refractivity contribution in [1.29, 1.82) is 0 Å². The number of nitrogens with zero attached hydrogens (tertiary/aromatic N) is 1. The first kappa shape index (κ1) is 14.9. The Hall–Kier alpha value is -1.14. The molecule has 1 aromatic heterocycles. The summed E-state index contributed by atoms with van der Waals surface area (Å²) in [4.78, 5) is 22.4. The molecule has 1 aromatic rings. The summed E-state index contributed by atoms with van der Waals surface area (Å²) in [5.41, 5.74) is -0.377. The number of nitro groups is 1. The fourth-order valence-corrected chi connectivity index (χ4v) is 2.55. The summed E-state index contributed by atoms with van der Waals surface area (Å²) in [6, 6.07) is 2.80. The molecule has 7 heteroatoms. The summed E-state index contributed by atoms with van der Waals surface area (Å²) in [6.45, 7) is 3.87. The quantitative estimate of drug-likeness (QED) is 0.497. The molecule has 0 spiro atoms. The van der Waals surface area contributed by atoms with Gasteiger partial charge in [-0.1, -0.05) is 18.3 Å². The van der Waals surface area contributed by atoms with Gasteiger partial charge < -0.3 is 5.32 Å². The molecule has 1 atom stereocenters. The lowest BCUT2D eigenvalue weighted by molar-refractivity contribution is -0.380. The summed E-state index contributed by atoms with van der Waals surface area (Å²) < 4.78 is 0. The first-order chi connectivity index (χ1) is 8.41. The van der Waals surface area contributed by atoms with Crippen LogP contribution in [0.1, 0.15) is 36.4 Å². The predicted octanol–water partition coefficient (Wildman–Crippen LogP) is 3.18. The van der Waals surface area contributed by atoms with Crippen molar-refractivity contribution in [2.75, 3.05) is 5.88 Å². The summed E-state index contributed by atoms with van der Waals surface area (Å²) in [6.07, 6.45) is 1.41. The Bertz CT molecular complexity index is 449. The fraction of sp³-hybridized carbons (Fsp3) is 0.545. The molecule has 1 unspecified atom stereocenters. The van der Waals surface area contributed by atoms with E-state index in [2.05, 4.69) is 5.32 Å². The number of hydrogen-bond acceptors (Lipinski definition) is 4. The lowest BCUT2D eigenvalue weighted by atomic mass is 9.95. The zero-order valence-electron chi connectivity index (χ0n) is 10.2. The van der Waals surface area contributed by atoms with Crippen molar-refractivity contribution < 1.29 is 9.72 Å². The van der Waals surface area contributed by atoms with Crippen LogP contribution in [0.15, 0.2) is 12.1 Å². The maximum atomic E-state index is 12.0. The number of nitrogens with one attached hydrogen (secondary N) is 1. The lowest BCUT2D eigenvalue weighted by Gasteiger charge is -2.28. The van der Waals surface area contributed by atoms with Crippen LogP contribution in [0.3, 0.4) is 0 Å². The van der Waals surface area contributed by atoms with Crippen LogP contribution in [0.2, 0.25) is 0 Å². The second kappa shape index (κ2) is 6.15. The van der Waals surface area contributed by atoms with Gasteiger partial charge in [0.05, 0.1) is 9.80 Å². The van der Waals surface area contributed by atoms with Gasteiger partial charge in [0, 0.05) is 17.5 Å². The number of thiophene rings is 1. The van der Waals surface area contributed by atoms with Crippen molar-refractivity contribution in [3.8, 4) is 0 Å². The number of hydrogen-bond donors (Lipinski definition) is 1. The van der Waals surface area contributed by atoms with Gasteiger partial charge in [0.25, 0.3) is 5.91 Å². The molecule has 1 N–H and O–H groups in total. The third-order valence-electron chi connectivity index (χ3n) is 2.84. The lowest BCUT2D eigenvalue weighted by Crippen LogP contribution is -2.45. The van der Waals surface area contributed by atoms with E-state index >= 15 is 0 Å². The molecule has 0 saturated carbocycles. The third kappa shape index (κ3) is 3.68. The largest absolute Gasteiger partial charge is 0.346 e. The zero-order chi connectivity index (χ0) is 13.8. The first-order valence-electron chi connectivity index (χ1n) is 5.54. The standard InChI is InChI=1S/C11H15ClN2O3S/c1-3-11(2,6-7-12)13-10(15)8-4-5-9(18-8)14(16)17/h4-5H,3,6-7H2,1-2H3,(H,13,15). The summed E-state index contributed by atoms with van der Waals surface area (Å²) >= 11 is 6.58. The molecule has 0 aliphatic rings. The van der Waals surface area contributed by atoms with Crippen LogP contribution in [0, 0.1) is 10.1 Å². The van der Waals surface area contributed by atoms with E-state index in [1.54, 1.807) is 0 Å². The predicted molar refractivity (Wildman–Crippen MR) is 72.5 cm³/mol. The second-order valence-electron chi connectivity index (χ2n) is 4.20. The molecular weight excluding hydrogens is 276 g/mol. The molecule has 100 valence electrons. The summed E-state index contributed by atoms with van der Waals surface area (Å²) in [5, 5.41) is 13.4. The Morgan fingerprint density at radius 1 is 1.61 bits per heavy atom. The Morgan fingerprint density at radius 3 is 2.72 bits per heavy atom. The van der Waals surface area contributed by atoms with Crippen LogP contribution in [0.25, 0.3) is 0 Å². The molecule has 18 heavy (non-hydrogen) atoms. The van der Waals surface area contributed by atoms with Crippen molar-refractivity contribution in [3.63, 3.8) is 0 Å². The Kier molecular flexibility index (Phi) is 5.10. The normalized spacial score (nSPS) is 13.9. The van der Waals surface area contributed by atoms with E-state index in [-0.39, 0.29) is 16.4 Å². The smallest absolute Gasteiger partial charge is 0.324 e. The van der Waals surface area contributed by atoms with Gasteiger partial charge >= 0.3 is 5.00 Å². The maximum Gasteiger partial charge on any atom is 0.324 e. The Morgan fingerprint density at radius 2 is 2.28 bits per heavy atom. The highest BCUT2D eigenvalue weighted by molar-refractivity contribution is 7.17. The van der Waals surface area contributed by atoms with E-state index in [1.165, 1.54) is 12.1 Å². The molecule has 5 nitrogen and oxygen atoms in total. The summed E-state index contributed by atoms with van der Waals surface area (Å²) in [5.74, 6) is 0.164. The third-order valence-corrected chi connectivity index (χ3v) is 4.06. The molecule has 1 amide bonds. The van der Waals surface area contributed by atoms with Crippen molar-refractivity contribution in [1.82, 2.24) is 5.32 Å². The van der Waals surface area contributed by atoms with Crippen LogP contribution in [-0.4, -0.2) is 22.2 Å². The van der Waals surface area contributed by atoms with Crippen LogP contribution in [0.5, 0.6) is 0 Å². The van der Waals surface area contributed by atoms with Crippen molar-refractivity contribution in [2.45, 2.75) is 32.2 Å². The van der Waals surface area contributed by atoms with Gasteiger partial charge in [0.2, 0.25) is 0 Å². The highest BCUT2D eigenvalue weighted by Gasteiger charge is 2.25. The molecule has 0 fully saturated rings. The van der Waals surface area contributed by atoms with E-state index in [9.17, 15) is 14.9 Å². The van der Waals surface area contributed by atoms with Crippen molar-refractivity contribution in [2.24, 2.45) is 0 Å². The Labute approximate surface area is 114 Å². The van der Waals surface area contributed by atoms with Crippen LogP contribution in [-0.2, 0) is 0 Å². The summed E-state index contributed by atoms with van der Waals surface area (Å²) in [7, 11) is 0. The molecule has 0 bridgehead atoms. The van der Waals surface area contributed by atoms with Gasteiger partial charge in [-0.05, 0) is 25.8 Å². The van der Waals surface area contributed by atoms with E-state index in [4.69, 9.17) is 11.6 Å². The van der Waals surface area contributed by atoms with Gasteiger partial charge in [0.15, 0.2) is 0 Å². The van der Waals surface area contributed by atoms with Crippen molar-refractivity contribution in [3.05, 3.63) is 27.1 Å². The highest BCUT2D eigenvalue weighted by Crippen LogP contribution is 2.25. The Balaban J connectivity index is 2.77. The van der Waals surface area contributed by atoms with Gasteiger partial charge in [-0.25, -0.2) is 0 Å². The average molecular weight is 291 g/mol. The molecular formula is C11H15ClN2O3S. The molecule has 0 saturated heterocycles. The molecule has 1 heterocycles. The van der Waals surface area contributed by atoms with Gasteiger partial charge in [-0.15, -0.1) is 11.6 Å². The number of alkyl halides is 1. The SMILES string of the molecule is CCC(C)(CCCl)NC(=O)c1ccc([N+](=O)[O-])s1. The average Bonchev–Trinajstić information content (AvgIpc) is 2.78. The number of rotatable bonds is 6. The minimum absolute atomic E-state index is 0.0318. The monoisotopic (exact) mass is 290 g/mol. The highest BCUT2D eigenvalue weighted by atomic mass is 35.5. The van der Waals surface area contributed by atoms with Crippen LogP contribution in [0.4, 0.5) is 5.00 Å². The molecule has 0 radical (unpaired) electrons. The van der Waals surface area contributed by atoms with Crippen LogP contribution < -0.4 is 5.32 Å². The van der Waals surface area contributed by atoms with E-state index in [0.29, 0.717) is 17.2 Å². The number of amides is 1. The van der Waals surface area contributed by atoms with Crippen molar-refractivity contribution >= 4 is 33.8 Å². The molecule has 1 rings (SSSR count). The van der Waals surface area contributed by atoms with Gasteiger partial charge in [0.1, 0.15) is 0 Å². The minimum Gasteiger partial charge on any atom is -0.346 e.